The van der Waals surface area contributed by atoms with Crippen molar-refractivity contribution in [1.82, 2.24) is 19.5 Å². The minimum Gasteiger partial charge on any atom is -0.411 e. The van der Waals surface area contributed by atoms with E-state index < -0.39 is 20.2 Å². The molecule has 3 fully saturated rings. The summed E-state index contributed by atoms with van der Waals surface area (Å²) in [5.41, 5.74) is 4.67. The number of imidazole rings is 1. The van der Waals surface area contributed by atoms with Crippen molar-refractivity contribution in [1.29, 1.82) is 0 Å². The van der Waals surface area contributed by atoms with Gasteiger partial charge in [-0.3, -0.25) is 14.3 Å². The maximum Gasteiger partial charge on any atom is 0.280 e. The van der Waals surface area contributed by atoms with Gasteiger partial charge in [0.1, 0.15) is 12.3 Å². The number of nitrogen functional groups attached to an aromatic ring is 1. The van der Waals surface area contributed by atoms with Crippen molar-refractivity contribution in [3.63, 3.8) is 0 Å². The summed E-state index contributed by atoms with van der Waals surface area (Å²) in [7, 11) is -2.15. The summed E-state index contributed by atoms with van der Waals surface area (Å²) in [5.74, 6) is 0.490. The maximum absolute atomic E-state index is 12.4. The van der Waals surface area contributed by atoms with Crippen LogP contribution in [0.25, 0.3) is 11.2 Å². The fourth-order valence-electron chi connectivity index (χ4n) is 5.46. The van der Waals surface area contributed by atoms with E-state index in [0.29, 0.717) is 18.0 Å². The van der Waals surface area contributed by atoms with Crippen LogP contribution in [0.5, 0.6) is 0 Å². The molecule has 2 saturated heterocycles. The van der Waals surface area contributed by atoms with Crippen LogP contribution in [0.4, 0.5) is 5.95 Å². The molecule has 0 bridgehead atoms. The molecule has 4 heterocycles. The van der Waals surface area contributed by atoms with Crippen LogP contribution < -0.4 is 11.3 Å². The summed E-state index contributed by atoms with van der Waals surface area (Å²) in [6.07, 6.45) is 4.19. The molecular weight excluding hydrogens is 586 g/mol. The van der Waals surface area contributed by atoms with Crippen LogP contribution in [0.2, 0.25) is 18.1 Å². The number of hydrogen-bond donors (Lipinski definition) is 2. The quantitative estimate of drug-likeness (QED) is 0.218. The SMILES string of the molecule is C=C(C)[C@H]1CC[C@@]2(C)SP(=S)(OC[C@H]3O[C@@H](n4cnc5c(=O)[nH]c(N)nc54)C[C@@H]3O[Si](C)(C)C(C)(C)C)O[C@@H]2C1. The van der Waals surface area contributed by atoms with Crippen molar-refractivity contribution in [3.05, 3.63) is 28.8 Å². The Morgan fingerprint density at radius 2 is 2.15 bits per heavy atom. The average Bonchev–Trinajstić information content (AvgIpc) is 3.49. The first-order valence-electron chi connectivity index (χ1n) is 13.8. The van der Waals surface area contributed by atoms with Crippen LogP contribution in [0, 0.1) is 5.92 Å². The number of H-pyrrole nitrogens is 1. The Morgan fingerprint density at radius 1 is 1.43 bits per heavy atom. The van der Waals surface area contributed by atoms with Gasteiger partial charge in [-0.2, -0.15) is 4.98 Å². The van der Waals surface area contributed by atoms with Gasteiger partial charge < -0.3 is 23.9 Å². The molecule has 2 aromatic rings. The predicted molar refractivity (Wildman–Crippen MR) is 166 cm³/mol. The monoisotopic (exact) mass is 627 g/mol. The number of anilines is 1. The van der Waals surface area contributed by atoms with Gasteiger partial charge in [-0.05, 0) is 69.0 Å². The number of allylic oxidation sites excluding steroid dienone is 1. The van der Waals surface area contributed by atoms with Crippen LogP contribution in [-0.4, -0.2) is 57.5 Å². The lowest BCUT2D eigenvalue weighted by molar-refractivity contribution is -0.0367. The first kappa shape index (κ1) is 30.4. The molecule has 2 aromatic heterocycles. The second kappa shape index (κ2) is 10.6. The van der Waals surface area contributed by atoms with Crippen molar-refractivity contribution < 1.29 is 18.2 Å². The van der Waals surface area contributed by atoms with E-state index in [9.17, 15) is 4.79 Å². The van der Waals surface area contributed by atoms with Gasteiger partial charge in [0.15, 0.2) is 19.5 Å². The molecule has 0 spiro atoms. The number of fused-ring (bicyclic) bond motifs is 2. The molecule has 40 heavy (non-hydrogen) atoms. The maximum atomic E-state index is 12.4. The van der Waals surface area contributed by atoms with E-state index in [1.54, 1.807) is 22.3 Å². The second-order valence-corrected chi connectivity index (χ2v) is 24.5. The molecule has 0 radical (unpaired) electrons. The zero-order chi connectivity index (χ0) is 29.3. The summed E-state index contributed by atoms with van der Waals surface area (Å²) < 4.78 is 28.2. The minimum atomic E-state index is -2.59. The van der Waals surface area contributed by atoms with Gasteiger partial charge in [-0.15, -0.1) is 0 Å². The number of nitrogens with two attached hydrogens (primary N) is 1. The van der Waals surface area contributed by atoms with E-state index in [-0.39, 0.29) is 51.7 Å². The lowest BCUT2D eigenvalue weighted by atomic mass is 9.77. The lowest BCUT2D eigenvalue weighted by Gasteiger charge is -2.39. The van der Waals surface area contributed by atoms with Crippen molar-refractivity contribution >= 4 is 54.3 Å². The summed E-state index contributed by atoms with van der Waals surface area (Å²) in [4.78, 5) is 23.5. The van der Waals surface area contributed by atoms with E-state index in [1.807, 2.05) is 0 Å². The second-order valence-electron chi connectivity index (χ2n) is 13.1. The van der Waals surface area contributed by atoms with Crippen molar-refractivity contribution in [2.75, 3.05) is 12.3 Å². The summed E-state index contributed by atoms with van der Waals surface area (Å²) in [6, 6.07) is 0. The topological polar surface area (TPSA) is 127 Å². The molecule has 14 heteroatoms. The Balaban J connectivity index is 1.36. The van der Waals surface area contributed by atoms with E-state index in [1.165, 1.54) is 5.57 Å². The fourth-order valence-corrected chi connectivity index (χ4v) is 14.0. The highest BCUT2D eigenvalue weighted by Gasteiger charge is 2.54. The molecule has 7 atom stereocenters. The highest BCUT2D eigenvalue weighted by molar-refractivity contribution is 8.68. The third-order valence-corrected chi connectivity index (χ3v) is 19.4. The Morgan fingerprint density at radius 3 is 2.83 bits per heavy atom. The van der Waals surface area contributed by atoms with Gasteiger partial charge in [0.2, 0.25) is 11.6 Å². The summed E-state index contributed by atoms with van der Waals surface area (Å²) in [6.45, 7) is 19.9. The molecule has 1 saturated carbocycles. The molecule has 2 aliphatic heterocycles. The largest absolute Gasteiger partial charge is 0.411 e. The Kier molecular flexibility index (Phi) is 8.05. The smallest absolute Gasteiger partial charge is 0.280 e. The van der Waals surface area contributed by atoms with Crippen LogP contribution in [0.3, 0.4) is 0 Å². The molecule has 1 unspecified atom stereocenters. The average molecular weight is 628 g/mol. The number of nitrogens with one attached hydrogen (secondary N) is 1. The first-order chi connectivity index (χ1) is 18.5. The van der Waals surface area contributed by atoms with Crippen LogP contribution in [0.1, 0.15) is 66.5 Å². The van der Waals surface area contributed by atoms with Crippen molar-refractivity contribution in [2.45, 2.75) is 108 Å². The van der Waals surface area contributed by atoms with E-state index in [4.69, 9.17) is 35.8 Å². The zero-order valence-corrected chi connectivity index (χ0v) is 28.0. The van der Waals surface area contributed by atoms with Crippen LogP contribution in [0.15, 0.2) is 23.3 Å². The Bertz CT molecular complexity index is 1410. The fraction of sp³-hybridized carbons (Fsp3) is 0.731. The van der Waals surface area contributed by atoms with Crippen LogP contribution in [-0.2, 0) is 30.0 Å². The predicted octanol–water partition coefficient (Wildman–Crippen LogP) is 5.89. The van der Waals surface area contributed by atoms with Gasteiger partial charge in [-0.1, -0.05) is 44.3 Å². The first-order valence-corrected chi connectivity index (χ1v) is 20.8. The van der Waals surface area contributed by atoms with Crippen molar-refractivity contribution in [3.8, 4) is 0 Å². The molecule has 222 valence electrons. The number of aromatic amines is 1. The van der Waals surface area contributed by atoms with E-state index in [2.05, 4.69) is 69.2 Å². The number of nitrogens with zero attached hydrogens (tertiary/aromatic N) is 3. The molecule has 3 aliphatic rings. The normalized spacial score (nSPS) is 34.8. The van der Waals surface area contributed by atoms with Crippen LogP contribution >= 0.6 is 17.1 Å². The Labute approximate surface area is 246 Å². The van der Waals surface area contributed by atoms with Gasteiger partial charge in [-0.25, -0.2) is 4.98 Å². The van der Waals surface area contributed by atoms with Crippen molar-refractivity contribution in [2.24, 2.45) is 5.92 Å². The molecule has 5 rings (SSSR count). The van der Waals surface area contributed by atoms with E-state index >= 15 is 0 Å². The van der Waals surface area contributed by atoms with Gasteiger partial charge in [0, 0.05) is 11.2 Å². The zero-order valence-electron chi connectivity index (χ0n) is 24.4. The highest BCUT2D eigenvalue weighted by atomic mass is 32.9. The van der Waals surface area contributed by atoms with E-state index in [0.717, 1.165) is 19.3 Å². The lowest BCUT2D eigenvalue weighted by Crippen LogP contribution is -2.46. The minimum absolute atomic E-state index is 0.0161. The molecule has 0 amide bonds. The third-order valence-electron chi connectivity index (χ3n) is 9.03. The summed E-state index contributed by atoms with van der Waals surface area (Å²) >= 11 is 7.75. The molecule has 1 aliphatic carbocycles. The molecule has 3 N–H and O–H groups in total. The molecule has 10 nitrogen and oxygen atoms in total. The standard InChI is InChI=1S/C26H42N5O5PS2Si/c1-15(2)16-9-10-26(6)19(11-16)35-37(38,39-26)33-13-18-17(36-40(7,8)25(3,4)5)12-20(34-18)31-14-28-21-22(31)29-24(27)30-23(21)32/h14,16-20H,1,9-13H2,2-8H3,(H3,27,29,30,32)/t16-,17-,18+,19+,20+,26+,37?/m0/s1. The molecule has 0 aromatic carbocycles. The number of ether oxygens (including phenoxy) is 1. The van der Waals surface area contributed by atoms with Gasteiger partial charge >= 0.3 is 0 Å². The molecular formula is C26H42N5O5PS2Si. The highest BCUT2D eigenvalue weighted by Crippen LogP contribution is 2.75. The third kappa shape index (κ3) is 5.77. The number of hydrogen-bond acceptors (Lipinski definition) is 10. The summed E-state index contributed by atoms with van der Waals surface area (Å²) in [5, 5.41) is 0.0161. The number of rotatable bonds is 7. The Hall–Kier alpha value is -1.05. The van der Waals surface area contributed by atoms with Gasteiger partial charge in [0.05, 0.1) is 25.1 Å². The number of aromatic nitrogens is 4. The van der Waals surface area contributed by atoms with Gasteiger partial charge in [0.25, 0.3) is 5.56 Å².